The van der Waals surface area contributed by atoms with Gasteiger partial charge in [-0.3, -0.25) is 4.90 Å². The van der Waals surface area contributed by atoms with Crippen LogP contribution in [0.5, 0.6) is 0 Å². The minimum Gasteiger partial charge on any atom is -0.465 e. The molecule has 1 aromatic rings. The van der Waals surface area contributed by atoms with E-state index in [0.717, 1.165) is 43.2 Å². The minimum absolute atomic E-state index is 0.214. The summed E-state index contributed by atoms with van der Waals surface area (Å²) >= 11 is 1.70. The van der Waals surface area contributed by atoms with Crippen molar-refractivity contribution in [3.05, 3.63) is 16.0 Å². The number of hydrogen-bond acceptors (Lipinski definition) is 5. The summed E-state index contributed by atoms with van der Waals surface area (Å²) in [5.74, 6) is -0.214. The maximum Gasteiger partial charge on any atom is 0.341 e. The van der Waals surface area contributed by atoms with Gasteiger partial charge in [0.25, 0.3) is 0 Å². The third kappa shape index (κ3) is 2.37. The van der Waals surface area contributed by atoms with Crippen molar-refractivity contribution in [2.75, 3.05) is 32.1 Å². The lowest BCUT2D eigenvalue weighted by molar-refractivity contribution is 0.0600. The topological polar surface area (TPSA) is 41.6 Å². The van der Waals surface area contributed by atoms with Crippen molar-refractivity contribution >= 4 is 22.3 Å². The number of carbonyl (C=O) groups excluding carboxylic acids is 1. The second kappa shape index (κ2) is 5.71. The number of fused-ring (bicyclic) bond motifs is 1. The van der Waals surface area contributed by atoms with Crippen LogP contribution in [0.4, 0.5) is 5.00 Å². The average molecular weight is 268 g/mol. The Morgan fingerprint density at radius 2 is 2.28 bits per heavy atom. The summed E-state index contributed by atoms with van der Waals surface area (Å²) in [6, 6.07) is 0. The highest BCUT2D eigenvalue weighted by atomic mass is 32.1. The molecule has 0 aliphatic carbocycles. The molecule has 0 spiro atoms. The summed E-state index contributed by atoms with van der Waals surface area (Å²) in [6.07, 6.45) is 0.940. The highest BCUT2D eigenvalue weighted by Gasteiger charge is 2.27. The van der Waals surface area contributed by atoms with Gasteiger partial charge in [0.2, 0.25) is 0 Å². The zero-order valence-corrected chi connectivity index (χ0v) is 12.0. The maximum absolute atomic E-state index is 11.9. The molecule has 0 saturated heterocycles. The molecular weight excluding hydrogens is 248 g/mol. The molecule has 4 nitrogen and oxygen atoms in total. The molecule has 0 atom stereocenters. The molecule has 0 bridgehead atoms. The van der Waals surface area contributed by atoms with Crippen LogP contribution >= 0.6 is 11.3 Å². The number of hydrogen-bond donors (Lipinski definition) is 1. The zero-order chi connectivity index (χ0) is 13.1. The number of rotatable bonds is 4. The van der Waals surface area contributed by atoms with Crippen LogP contribution in [-0.2, 0) is 17.7 Å². The number of nitrogens with zero attached hydrogens (tertiary/aromatic N) is 1. The Morgan fingerprint density at radius 1 is 1.50 bits per heavy atom. The fourth-order valence-electron chi connectivity index (χ4n) is 2.33. The minimum atomic E-state index is -0.214. The summed E-state index contributed by atoms with van der Waals surface area (Å²) < 4.78 is 4.91. The average Bonchev–Trinajstić information content (AvgIpc) is 2.75. The molecule has 1 aliphatic heterocycles. The number of anilines is 1. The first-order valence-electron chi connectivity index (χ1n) is 6.40. The molecular formula is C13H20N2O2S. The number of ether oxygens (including phenoxy) is 1. The third-order valence-corrected chi connectivity index (χ3v) is 4.48. The van der Waals surface area contributed by atoms with E-state index in [-0.39, 0.29) is 5.97 Å². The Labute approximate surface area is 112 Å². The lowest BCUT2D eigenvalue weighted by Gasteiger charge is -2.25. The van der Waals surface area contributed by atoms with Crippen LogP contribution in [0.1, 0.15) is 34.6 Å². The van der Waals surface area contributed by atoms with Crippen molar-refractivity contribution in [2.45, 2.75) is 26.8 Å². The Balaban J connectivity index is 2.38. The first-order chi connectivity index (χ1) is 8.71. The van der Waals surface area contributed by atoms with Crippen LogP contribution in [0.3, 0.4) is 0 Å². The summed E-state index contributed by atoms with van der Waals surface area (Å²) in [6.45, 7) is 8.06. The molecule has 0 unspecified atom stereocenters. The van der Waals surface area contributed by atoms with E-state index in [1.165, 1.54) is 17.6 Å². The molecule has 0 amide bonds. The van der Waals surface area contributed by atoms with Gasteiger partial charge in [-0.2, -0.15) is 0 Å². The highest BCUT2D eigenvalue weighted by molar-refractivity contribution is 7.16. The predicted octanol–water partition coefficient (Wildman–Crippen LogP) is 2.34. The molecule has 2 rings (SSSR count). The van der Waals surface area contributed by atoms with Crippen molar-refractivity contribution in [1.82, 2.24) is 4.90 Å². The molecule has 1 N–H and O–H groups in total. The second-order valence-electron chi connectivity index (χ2n) is 4.35. The van der Waals surface area contributed by atoms with Crippen LogP contribution in [0.2, 0.25) is 0 Å². The quantitative estimate of drug-likeness (QED) is 0.851. The van der Waals surface area contributed by atoms with E-state index in [4.69, 9.17) is 4.74 Å². The number of methoxy groups -OCH3 is 1. The van der Waals surface area contributed by atoms with Gasteiger partial charge in [-0.05, 0) is 25.5 Å². The van der Waals surface area contributed by atoms with E-state index >= 15 is 0 Å². The molecule has 0 fully saturated rings. The van der Waals surface area contributed by atoms with Gasteiger partial charge in [0.15, 0.2) is 0 Å². The van der Waals surface area contributed by atoms with Crippen molar-refractivity contribution in [3.63, 3.8) is 0 Å². The van der Waals surface area contributed by atoms with Crippen LogP contribution in [0.15, 0.2) is 0 Å². The molecule has 1 aromatic heterocycles. The second-order valence-corrected chi connectivity index (χ2v) is 5.45. The molecule has 2 heterocycles. The van der Waals surface area contributed by atoms with E-state index in [2.05, 4.69) is 17.1 Å². The van der Waals surface area contributed by atoms with E-state index in [9.17, 15) is 4.79 Å². The fraction of sp³-hybridized carbons (Fsp3) is 0.615. The van der Waals surface area contributed by atoms with Crippen molar-refractivity contribution in [2.24, 2.45) is 0 Å². The first kappa shape index (κ1) is 13.4. The Bertz CT molecular complexity index is 442. The van der Waals surface area contributed by atoms with Gasteiger partial charge < -0.3 is 10.1 Å². The largest absolute Gasteiger partial charge is 0.465 e. The number of esters is 1. The number of nitrogens with one attached hydrogen (secondary N) is 1. The SMILES string of the molecule is CCNc1sc2c(c1C(=O)OC)CCN(CC)C2. The molecule has 18 heavy (non-hydrogen) atoms. The Hall–Kier alpha value is -1.07. The normalized spacial score (nSPS) is 15.3. The predicted molar refractivity (Wildman–Crippen MR) is 74.5 cm³/mol. The zero-order valence-electron chi connectivity index (χ0n) is 11.2. The van der Waals surface area contributed by atoms with Gasteiger partial charge >= 0.3 is 5.97 Å². The summed E-state index contributed by atoms with van der Waals surface area (Å²) in [7, 11) is 1.45. The standard InChI is InChI=1S/C13H20N2O2S/c1-4-14-12-11(13(16)17-3)9-6-7-15(5-2)8-10(9)18-12/h14H,4-8H2,1-3H3. The van der Waals surface area contributed by atoms with E-state index in [1.807, 2.05) is 6.92 Å². The van der Waals surface area contributed by atoms with E-state index < -0.39 is 0 Å². The van der Waals surface area contributed by atoms with E-state index in [1.54, 1.807) is 11.3 Å². The fourth-order valence-corrected chi connectivity index (χ4v) is 3.68. The smallest absolute Gasteiger partial charge is 0.341 e. The molecule has 5 heteroatoms. The van der Waals surface area contributed by atoms with Gasteiger partial charge in [-0.1, -0.05) is 6.92 Å². The molecule has 0 saturated carbocycles. The molecule has 1 aliphatic rings. The monoisotopic (exact) mass is 268 g/mol. The van der Waals surface area contributed by atoms with Crippen LogP contribution in [-0.4, -0.2) is 37.6 Å². The van der Waals surface area contributed by atoms with Crippen LogP contribution in [0, 0.1) is 0 Å². The Morgan fingerprint density at radius 3 is 2.89 bits per heavy atom. The van der Waals surface area contributed by atoms with Crippen molar-refractivity contribution < 1.29 is 9.53 Å². The molecule has 0 aromatic carbocycles. The van der Waals surface area contributed by atoms with Gasteiger partial charge in [-0.25, -0.2) is 4.79 Å². The van der Waals surface area contributed by atoms with Gasteiger partial charge in [0.1, 0.15) is 5.00 Å². The van der Waals surface area contributed by atoms with Crippen LogP contribution < -0.4 is 5.32 Å². The lowest BCUT2D eigenvalue weighted by Crippen LogP contribution is -2.29. The van der Waals surface area contributed by atoms with E-state index in [0.29, 0.717) is 0 Å². The Kier molecular flexibility index (Phi) is 4.24. The van der Waals surface area contributed by atoms with Crippen molar-refractivity contribution in [3.8, 4) is 0 Å². The highest BCUT2D eigenvalue weighted by Crippen LogP contribution is 2.37. The third-order valence-electron chi connectivity index (χ3n) is 3.31. The lowest BCUT2D eigenvalue weighted by atomic mass is 10.0. The summed E-state index contributed by atoms with van der Waals surface area (Å²) in [5.41, 5.74) is 1.95. The number of likely N-dealkylation sites (N-methyl/N-ethyl adjacent to an activating group) is 1. The summed E-state index contributed by atoms with van der Waals surface area (Å²) in [4.78, 5) is 15.6. The number of thiophene rings is 1. The first-order valence-corrected chi connectivity index (χ1v) is 7.21. The number of carbonyl (C=O) groups is 1. The van der Waals surface area contributed by atoms with Gasteiger partial charge in [-0.15, -0.1) is 11.3 Å². The van der Waals surface area contributed by atoms with Gasteiger partial charge in [0, 0.05) is 24.5 Å². The maximum atomic E-state index is 11.9. The van der Waals surface area contributed by atoms with Crippen LogP contribution in [0.25, 0.3) is 0 Å². The summed E-state index contributed by atoms with van der Waals surface area (Å²) in [5, 5.41) is 4.25. The molecule has 100 valence electrons. The molecule has 0 radical (unpaired) electrons. The van der Waals surface area contributed by atoms with Gasteiger partial charge in [0.05, 0.1) is 12.7 Å². The van der Waals surface area contributed by atoms with Crippen molar-refractivity contribution in [1.29, 1.82) is 0 Å².